The first-order chi connectivity index (χ1) is 31.5. The molecule has 0 saturated carbocycles. The second kappa shape index (κ2) is 17.3. The molecule has 1 aliphatic heterocycles. The molecular formula is C60H54FN4OPt-3. The summed E-state index contributed by atoms with van der Waals surface area (Å²) < 4.78 is 23.5. The molecule has 0 bridgehead atoms. The van der Waals surface area contributed by atoms with Crippen molar-refractivity contribution in [3.8, 4) is 39.6 Å². The van der Waals surface area contributed by atoms with Crippen LogP contribution in [-0.2, 0) is 37.3 Å². The molecule has 10 rings (SSSR count). The summed E-state index contributed by atoms with van der Waals surface area (Å²) in [6.07, 6.45) is 1.90. The van der Waals surface area contributed by atoms with Crippen molar-refractivity contribution >= 4 is 44.6 Å². The van der Waals surface area contributed by atoms with Crippen molar-refractivity contribution in [3.05, 3.63) is 199 Å². The van der Waals surface area contributed by atoms with E-state index in [2.05, 4.69) is 217 Å². The Morgan fingerprint density at radius 3 is 1.94 bits per heavy atom. The third kappa shape index (κ3) is 8.57. The van der Waals surface area contributed by atoms with E-state index in [-0.39, 0.29) is 43.1 Å². The summed E-state index contributed by atoms with van der Waals surface area (Å²) >= 11 is 0. The number of fused-ring (bicyclic) bond motifs is 4. The maximum atomic E-state index is 14.3. The van der Waals surface area contributed by atoms with Crippen LogP contribution in [0.1, 0.15) is 79.0 Å². The SMILES string of the molecule is CC(C)(C)c1ccnc(-n2c3[c-]c(Oc4[c-]c(N5[CH-]N(c6c(-c7ccc(F)cc7)cccc6C(C)(C)C)c6ccccc65)cc(-c5ccccc5C(C)(C)C)c4)ccc3c3ccccc32)c1.[Pt]. The Hall–Kier alpha value is -6.49. The maximum Gasteiger partial charge on any atom is 0.135 e. The molecule has 9 aromatic rings. The molecule has 3 heterocycles. The van der Waals surface area contributed by atoms with Crippen LogP contribution < -0.4 is 14.5 Å². The van der Waals surface area contributed by atoms with Crippen molar-refractivity contribution in [2.24, 2.45) is 0 Å². The second-order valence-corrected chi connectivity index (χ2v) is 20.4. The van der Waals surface area contributed by atoms with Crippen LogP contribution in [0.25, 0.3) is 49.9 Å². The zero-order valence-electron chi connectivity index (χ0n) is 39.5. The number of anilines is 4. The Bertz CT molecular complexity index is 3300. The Morgan fingerprint density at radius 2 is 1.21 bits per heavy atom. The van der Waals surface area contributed by atoms with Gasteiger partial charge in [-0.05, 0) is 91.9 Å². The van der Waals surface area contributed by atoms with Crippen molar-refractivity contribution in [2.75, 3.05) is 9.80 Å². The topological polar surface area (TPSA) is 33.5 Å². The van der Waals surface area contributed by atoms with Crippen LogP contribution in [0.15, 0.2) is 158 Å². The van der Waals surface area contributed by atoms with Crippen LogP contribution in [0.3, 0.4) is 0 Å². The number of pyridine rings is 1. The molecule has 0 N–H and O–H groups in total. The van der Waals surface area contributed by atoms with Gasteiger partial charge in [0, 0.05) is 66.9 Å². The van der Waals surface area contributed by atoms with E-state index < -0.39 is 0 Å². The van der Waals surface area contributed by atoms with E-state index in [0.29, 0.717) is 11.5 Å². The van der Waals surface area contributed by atoms with E-state index >= 15 is 0 Å². The van der Waals surface area contributed by atoms with E-state index in [4.69, 9.17) is 9.72 Å². The van der Waals surface area contributed by atoms with Crippen LogP contribution in [0.4, 0.5) is 27.1 Å². The van der Waals surface area contributed by atoms with Gasteiger partial charge in [0.15, 0.2) is 0 Å². The van der Waals surface area contributed by atoms with Crippen molar-refractivity contribution < 1.29 is 30.2 Å². The number of hydrogen-bond donors (Lipinski definition) is 0. The van der Waals surface area contributed by atoms with Gasteiger partial charge in [-0.15, -0.1) is 53.6 Å². The predicted molar refractivity (Wildman–Crippen MR) is 271 cm³/mol. The summed E-state index contributed by atoms with van der Waals surface area (Å²) in [6.45, 7) is 22.3. The fourth-order valence-corrected chi connectivity index (χ4v) is 9.31. The van der Waals surface area contributed by atoms with Crippen LogP contribution in [0.5, 0.6) is 11.5 Å². The molecule has 0 saturated heterocycles. The smallest absolute Gasteiger partial charge is 0.135 e. The first-order valence-corrected chi connectivity index (χ1v) is 22.7. The molecule has 1 aliphatic rings. The fourth-order valence-electron chi connectivity index (χ4n) is 9.31. The summed E-state index contributed by atoms with van der Waals surface area (Å²) in [4.78, 5) is 9.38. The average Bonchev–Trinajstić information content (AvgIpc) is 3.84. The second-order valence-electron chi connectivity index (χ2n) is 20.4. The molecule has 7 aromatic carbocycles. The monoisotopic (exact) mass is 1060 g/mol. The Balaban J connectivity index is 0.00000562. The number of halogens is 1. The number of nitrogens with zero attached hydrogens (tertiary/aromatic N) is 4. The third-order valence-electron chi connectivity index (χ3n) is 12.6. The summed E-state index contributed by atoms with van der Waals surface area (Å²) in [5.74, 6) is 1.70. The van der Waals surface area contributed by atoms with Crippen molar-refractivity contribution in [2.45, 2.75) is 78.6 Å². The molecule has 0 atom stereocenters. The minimum atomic E-state index is -0.263. The third-order valence-corrected chi connectivity index (χ3v) is 12.6. The van der Waals surface area contributed by atoms with Crippen molar-refractivity contribution in [1.82, 2.24) is 9.55 Å². The zero-order valence-corrected chi connectivity index (χ0v) is 41.8. The van der Waals surface area contributed by atoms with Crippen LogP contribution in [0, 0.1) is 24.6 Å². The normalized spacial score (nSPS) is 13.0. The van der Waals surface area contributed by atoms with Crippen molar-refractivity contribution in [1.29, 1.82) is 0 Å². The van der Waals surface area contributed by atoms with E-state index in [0.717, 1.165) is 72.6 Å². The number of aromatic nitrogens is 2. The maximum absolute atomic E-state index is 14.3. The molecule has 0 radical (unpaired) electrons. The molecular weight excluding hydrogens is 1010 g/mol. The Kier molecular flexibility index (Phi) is 11.8. The van der Waals surface area contributed by atoms with Crippen LogP contribution in [0.2, 0.25) is 0 Å². The first-order valence-electron chi connectivity index (χ1n) is 22.7. The quantitative estimate of drug-likeness (QED) is 0.149. The molecule has 340 valence electrons. The number of ether oxygens (including phenoxy) is 1. The molecule has 7 heteroatoms. The van der Waals surface area contributed by atoms with E-state index in [9.17, 15) is 4.39 Å². The zero-order chi connectivity index (χ0) is 46.1. The van der Waals surface area contributed by atoms with E-state index in [1.54, 1.807) is 0 Å². The summed E-state index contributed by atoms with van der Waals surface area (Å²) in [5, 5.41) is 2.19. The summed E-state index contributed by atoms with van der Waals surface area (Å²) in [5.41, 5.74) is 13.1. The van der Waals surface area contributed by atoms with Gasteiger partial charge in [0.2, 0.25) is 0 Å². The number of hydrogen-bond acceptors (Lipinski definition) is 4. The molecule has 2 aromatic heterocycles. The number of para-hydroxylation sites is 4. The van der Waals surface area contributed by atoms with Crippen molar-refractivity contribution in [3.63, 3.8) is 0 Å². The van der Waals surface area contributed by atoms with Gasteiger partial charge in [0.05, 0.1) is 0 Å². The van der Waals surface area contributed by atoms with E-state index in [1.807, 2.05) is 24.4 Å². The number of benzene rings is 7. The predicted octanol–water partition coefficient (Wildman–Crippen LogP) is 16.3. The van der Waals surface area contributed by atoms with E-state index in [1.165, 1.54) is 28.8 Å². The summed E-state index contributed by atoms with van der Waals surface area (Å²) in [7, 11) is 0. The van der Waals surface area contributed by atoms with Gasteiger partial charge in [0.1, 0.15) is 11.6 Å². The van der Waals surface area contributed by atoms with Gasteiger partial charge in [-0.2, -0.15) is 6.07 Å². The van der Waals surface area contributed by atoms with Gasteiger partial charge in [-0.3, -0.25) is 0 Å². The van der Waals surface area contributed by atoms with Gasteiger partial charge in [-0.25, -0.2) is 9.37 Å². The Morgan fingerprint density at radius 1 is 0.552 bits per heavy atom. The Labute approximate surface area is 409 Å². The number of rotatable bonds is 7. The molecule has 0 amide bonds. The standard InChI is InChI=1S/C60H54FN4O.Pt/c1-58(2,3)41-31-32-62-56(35-41)65-52-22-13-11-18-48(52)49-30-29-44(37-55(49)65)66-45-34-40(46-17-10-12-20-50(46)59(4,5)6)33-43(36-45)63-38-64(54-24-15-14-23-53(54)63)57-47(39-25-27-42(61)28-26-39)19-16-21-51(57)60(7,8)9;/h10-35,38H,1-9H3;/q-3;. The van der Waals surface area contributed by atoms with Gasteiger partial charge in [-0.1, -0.05) is 153 Å². The molecule has 5 nitrogen and oxygen atoms in total. The van der Waals surface area contributed by atoms with Crippen LogP contribution in [-0.4, -0.2) is 9.55 Å². The first kappa shape index (κ1) is 45.7. The van der Waals surface area contributed by atoms with Crippen LogP contribution >= 0.6 is 0 Å². The molecule has 0 aliphatic carbocycles. The molecule has 0 fully saturated rings. The average molecular weight is 1060 g/mol. The largest absolute Gasteiger partial charge is 0.509 e. The van der Waals surface area contributed by atoms with Gasteiger partial charge >= 0.3 is 0 Å². The minimum Gasteiger partial charge on any atom is -0.509 e. The van der Waals surface area contributed by atoms with Gasteiger partial charge in [0.25, 0.3) is 0 Å². The fraction of sp³-hybridized carbons (Fsp3) is 0.200. The minimum absolute atomic E-state index is 0. The summed E-state index contributed by atoms with van der Waals surface area (Å²) in [6, 6.07) is 58.9. The molecule has 67 heavy (non-hydrogen) atoms. The molecule has 0 unspecified atom stereocenters. The molecule has 0 spiro atoms. The van der Waals surface area contributed by atoms with Gasteiger partial charge < -0.3 is 19.1 Å².